The van der Waals surface area contributed by atoms with Crippen LogP contribution in [0.3, 0.4) is 0 Å². The summed E-state index contributed by atoms with van der Waals surface area (Å²) in [5, 5.41) is 7.55. The number of rotatable bonds is 2. The van der Waals surface area contributed by atoms with Crippen molar-refractivity contribution in [1.82, 2.24) is 19.7 Å². The first-order valence-corrected chi connectivity index (χ1v) is 4.50. The minimum atomic E-state index is 0.951. The molecule has 1 aliphatic heterocycles. The van der Waals surface area contributed by atoms with Gasteiger partial charge in [0.15, 0.2) is 0 Å². The SMILES string of the molecule is c1nncn1CN1CCCCC1. The minimum Gasteiger partial charge on any atom is -0.306 e. The molecule has 0 radical (unpaired) electrons. The maximum absolute atomic E-state index is 3.77. The highest BCUT2D eigenvalue weighted by molar-refractivity contribution is 4.65. The van der Waals surface area contributed by atoms with Crippen molar-refractivity contribution in [3.05, 3.63) is 12.7 Å². The van der Waals surface area contributed by atoms with Crippen molar-refractivity contribution in [2.24, 2.45) is 0 Å². The number of aromatic nitrogens is 3. The van der Waals surface area contributed by atoms with E-state index in [1.54, 1.807) is 12.7 Å². The Labute approximate surface area is 72.2 Å². The summed E-state index contributed by atoms with van der Waals surface area (Å²) in [7, 11) is 0. The molecule has 0 spiro atoms. The summed E-state index contributed by atoms with van der Waals surface area (Å²) < 4.78 is 2.02. The van der Waals surface area contributed by atoms with Gasteiger partial charge >= 0.3 is 0 Å². The van der Waals surface area contributed by atoms with Gasteiger partial charge in [-0.1, -0.05) is 6.42 Å². The van der Waals surface area contributed by atoms with Crippen LogP contribution in [0.2, 0.25) is 0 Å². The molecular weight excluding hydrogens is 152 g/mol. The Bertz CT molecular complexity index is 213. The highest BCUT2D eigenvalue weighted by Gasteiger charge is 2.09. The van der Waals surface area contributed by atoms with E-state index in [2.05, 4.69) is 15.1 Å². The van der Waals surface area contributed by atoms with E-state index in [-0.39, 0.29) is 0 Å². The lowest BCUT2D eigenvalue weighted by atomic mass is 10.1. The standard InChI is InChI=1S/C8H14N4/c1-2-4-11(5-3-1)8-12-6-9-10-7-12/h6-7H,1-5,8H2. The third-order valence-corrected chi connectivity index (χ3v) is 2.28. The van der Waals surface area contributed by atoms with Crippen molar-refractivity contribution in [3.63, 3.8) is 0 Å². The van der Waals surface area contributed by atoms with E-state index in [9.17, 15) is 0 Å². The molecule has 0 N–H and O–H groups in total. The van der Waals surface area contributed by atoms with Gasteiger partial charge in [-0.05, 0) is 25.9 Å². The highest BCUT2D eigenvalue weighted by Crippen LogP contribution is 2.08. The molecular formula is C8H14N4. The molecule has 0 bridgehead atoms. The van der Waals surface area contributed by atoms with Crippen molar-refractivity contribution in [2.75, 3.05) is 13.1 Å². The van der Waals surface area contributed by atoms with Crippen LogP contribution in [0.4, 0.5) is 0 Å². The molecule has 4 heteroatoms. The summed E-state index contributed by atoms with van der Waals surface area (Å²) in [5.41, 5.74) is 0. The second-order valence-corrected chi connectivity index (χ2v) is 3.30. The lowest BCUT2D eigenvalue weighted by Crippen LogP contribution is -2.31. The van der Waals surface area contributed by atoms with Crippen LogP contribution < -0.4 is 0 Å². The smallest absolute Gasteiger partial charge is 0.120 e. The molecule has 1 aliphatic rings. The monoisotopic (exact) mass is 166 g/mol. The van der Waals surface area contributed by atoms with Crippen LogP contribution in [-0.2, 0) is 6.67 Å². The number of nitrogens with zero attached hydrogens (tertiary/aromatic N) is 4. The van der Waals surface area contributed by atoms with Gasteiger partial charge < -0.3 is 4.57 Å². The second kappa shape index (κ2) is 3.67. The molecule has 1 aromatic heterocycles. The van der Waals surface area contributed by atoms with Crippen LogP contribution in [0.1, 0.15) is 19.3 Å². The van der Waals surface area contributed by atoms with Gasteiger partial charge in [0, 0.05) is 0 Å². The fourth-order valence-corrected chi connectivity index (χ4v) is 1.63. The van der Waals surface area contributed by atoms with E-state index in [1.807, 2.05) is 4.57 Å². The zero-order valence-corrected chi connectivity index (χ0v) is 7.19. The molecule has 0 atom stereocenters. The van der Waals surface area contributed by atoms with Gasteiger partial charge in [-0.2, -0.15) is 0 Å². The number of hydrogen-bond donors (Lipinski definition) is 0. The van der Waals surface area contributed by atoms with Gasteiger partial charge in [0.05, 0.1) is 6.67 Å². The van der Waals surface area contributed by atoms with E-state index in [0.717, 1.165) is 6.67 Å². The Morgan fingerprint density at radius 3 is 2.33 bits per heavy atom. The maximum Gasteiger partial charge on any atom is 0.120 e. The first kappa shape index (κ1) is 7.73. The lowest BCUT2D eigenvalue weighted by Gasteiger charge is -2.26. The first-order valence-electron chi connectivity index (χ1n) is 4.50. The van der Waals surface area contributed by atoms with E-state index < -0.39 is 0 Å². The first-order chi connectivity index (χ1) is 5.95. The quantitative estimate of drug-likeness (QED) is 0.649. The van der Waals surface area contributed by atoms with Gasteiger partial charge in [0.1, 0.15) is 12.7 Å². The Kier molecular flexibility index (Phi) is 2.36. The fourth-order valence-electron chi connectivity index (χ4n) is 1.63. The molecule has 0 saturated carbocycles. The molecule has 0 aliphatic carbocycles. The Hall–Kier alpha value is -0.900. The van der Waals surface area contributed by atoms with Crippen molar-refractivity contribution in [3.8, 4) is 0 Å². The van der Waals surface area contributed by atoms with Crippen molar-refractivity contribution in [1.29, 1.82) is 0 Å². The number of hydrogen-bond acceptors (Lipinski definition) is 3. The predicted octanol–water partition coefficient (Wildman–Crippen LogP) is 0.722. The van der Waals surface area contributed by atoms with E-state index in [0.29, 0.717) is 0 Å². The molecule has 1 fully saturated rings. The summed E-state index contributed by atoms with van der Waals surface area (Å²) in [6, 6.07) is 0. The van der Waals surface area contributed by atoms with Gasteiger partial charge in [0.25, 0.3) is 0 Å². The Morgan fingerprint density at radius 1 is 1.00 bits per heavy atom. The third-order valence-electron chi connectivity index (χ3n) is 2.28. The molecule has 12 heavy (non-hydrogen) atoms. The fraction of sp³-hybridized carbons (Fsp3) is 0.750. The van der Waals surface area contributed by atoms with Crippen LogP contribution >= 0.6 is 0 Å². The predicted molar refractivity (Wildman–Crippen MR) is 45.4 cm³/mol. The molecule has 0 unspecified atom stereocenters. The summed E-state index contributed by atoms with van der Waals surface area (Å²) in [6.07, 6.45) is 7.60. The van der Waals surface area contributed by atoms with Gasteiger partial charge in [0.2, 0.25) is 0 Å². The van der Waals surface area contributed by atoms with Crippen LogP contribution in [0, 0.1) is 0 Å². The molecule has 2 heterocycles. The van der Waals surface area contributed by atoms with Gasteiger partial charge in [-0.15, -0.1) is 10.2 Å². The van der Waals surface area contributed by atoms with Gasteiger partial charge in [-0.25, -0.2) is 0 Å². The van der Waals surface area contributed by atoms with E-state index in [1.165, 1.54) is 32.4 Å². The zero-order chi connectivity index (χ0) is 8.23. The second-order valence-electron chi connectivity index (χ2n) is 3.30. The Balaban J connectivity index is 1.86. The third kappa shape index (κ3) is 1.82. The summed E-state index contributed by atoms with van der Waals surface area (Å²) in [6.45, 7) is 3.39. The minimum absolute atomic E-state index is 0.951. The maximum atomic E-state index is 3.77. The molecule has 4 nitrogen and oxygen atoms in total. The van der Waals surface area contributed by atoms with Crippen LogP contribution in [0.5, 0.6) is 0 Å². The molecule has 66 valence electrons. The number of likely N-dealkylation sites (tertiary alicyclic amines) is 1. The molecule has 0 amide bonds. The largest absolute Gasteiger partial charge is 0.306 e. The van der Waals surface area contributed by atoms with E-state index in [4.69, 9.17) is 0 Å². The molecule has 0 aromatic carbocycles. The van der Waals surface area contributed by atoms with Crippen LogP contribution in [0.15, 0.2) is 12.7 Å². The summed E-state index contributed by atoms with van der Waals surface area (Å²) >= 11 is 0. The molecule has 2 rings (SSSR count). The average Bonchev–Trinajstić information content (AvgIpc) is 2.59. The Morgan fingerprint density at radius 2 is 1.67 bits per heavy atom. The summed E-state index contributed by atoms with van der Waals surface area (Å²) in [4.78, 5) is 2.44. The van der Waals surface area contributed by atoms with E-state index >= 15 is 0 Å². The molecule has 1 saturated heterocycles. The zero-order valence-electron chi connectivity index (χ0n) is 7.19. The van der Waals surface area contributed by atoms with Crippen LogP contribution in [-0.4, -0.2) is 32.8 Å². The normalized spacial score (nSPS) is 19.7. The molecule has 1 aromatic rings. The van der Waals surface area contributed by atoms with Gasteiger partial charge in [-0.3, -0.25) is 4.90 Å². The van der Waals surface area contributed by atoms with Crippen LogP contribution in [0.25, 0.3) is 0 Å². The number of piperidine rings is 1. The van der Waals surface area contributed by atoms with Crippen molar-refractivity contribution < 1.29 is 0 Å². The topological polar surface area (TPSA) is 34.0 Å². The van der Waals surface area contributed by atoms with Crippen molar-refractivity contribution in [2.45, 2.75) is 25.9 Å². The lowest BCUT2D eigenvalue weighted by molar-refractivity contribution is 0.182. The average molecular weight is 166 g/mol. The highest BCUT2D eigenvalue weighted by atomic mass is 15.3. The van der Waals surface area contributed by atoms with Crippen molar-refractivity contribution >= 4 is 0 Å². The summed E-state index contributed by atoms with van der Waals surface area (Å²) in [5.74, 6) is 0.